The number of ketones is 1. The highest BCUT2D eigenvalue weighted by Gasteiger charge is 2.88. The van der Waals surface area contributed by atoms with Gasteiger partial charge in [0, 0.05) is 11.3 Å². The third kappa shape index (κ3) is 1.83. The number of Topliss-reactive ketones (excluding diaryl/α,β-unsaturated/α-hetero) is 1. The van der Waals surface area contributed by atoms with Crippen molar-refractivity contribution in [1.29, 1.82) is 0 Å². The third-order valence-corrected chi connectivity index (χ3v) is 11.8. The zero-order valence-corrected chi connectivity index (χ0v) is 18.8. The quantitative estimate of drug-likeness (QED) is 0.526. The molecule has 6 rings (SSSR count). The minimum absolute atomic E-state index is 0.226. The van der Waals surface area contributed by atoms with E-state index in [-0.39, 0.29) is 11.0 Å². The monoisotopic (exact) mass is 434 g/mol. The van der Waals surface area contributed by atoms with Crippen LogP contribution in [0.15, 0.2) is 0 Å². The summed E-state index contributed by atoms with van der Waals surface area (Å²) >= 11 is 3.46. The van der Waals surface area contributed by atoms with Crippen molar-refractivity contribution in [2.75, 3.05) is 5.33 Å². The predicted octanol–water partition coefficient (Wildman–Crippen LogP) is 5.62. The average Bonchev–Trinajstić information content (AvgIpc) is 2.94. The van der Waals surface area contributed by atoms with Gasteiger partial charge in [-0.1, -0.05) is 43.1 Å². The van der Waals surface area contributed by atoms with Crippen LogP contribution >= 0.6 is 15.9 Å². The van der Waals surface area contributed by atoms with E-state index < -0.39 is 0 Å². The van der Waals surface area contributed by atoms with E-state index in [4.69, 9.17) is 4.74 Å². The number of ether oxygens (including phenoxy) is 1. The van der Waals surface area contributed by atoms with Crippen molar-refractivity contribution in [1.82, 2.24) is 0 Å². The van der Waals surface area contributed by atoms with Crippen LogP contribution in [0.25, 0.3) is 0 Å². The summed E-state index contributed by atoms with van der Waals surface area (Å²) in [5.41, 5.74) is 1.01. The summed E-state index contributed by atoms with van der Waals surface area (Å²) in [7, 11) is 0. The molecular weight excluding hydrogens is 400 g/mol. The molecule has 6 aliphatic rings. The van der Waals surface area contributed by atoms with Crippen molar-refractivity contribution in [3.05, 3.63) is 0 Å². The largest absolute Gasteiger partial charge is 0.370 e. The number of hydrogen-bond donors (Lipinski definition) is 0. The van der Waals surface area contributed by atoms with Crippen LogP contribution in [0.3, 0.4) is 0 Å². The van der Waals surface area contributed by atoms with Gasteiger partial charge in [0.05, 0.1) is 17.0 Å². The van der Waals surface area contributed by atoms with Gasteiger partial charge in [0.1, 0.15) is 5.78 Å². The summed E-state index contributed by atoms with van der Waals surface area (Å²) in [4.78, 5) is 12.7. The van der Waals surface area contributed by atoms with Crippen molar-refractivity contribution >= 4 is 21.7 Å². The first kappa shape index (κ1) is 17.9. The lowest BCUT2D eigenvalue weighted by Gasteiger charge is -2.53. The first-order valence-electron chi connectivity index (χ1n) is 11.7. The van der Waals surface area contributed by atoms with Crippen molar-refractivity contribution in [2.24, 2.45) is 52.3 Å². The number of hydrogen-bond acceptors (Lipinski definition) is 2. The van der Waals surface area contributed by atoms with E-state index in [0.717, 1.165) is 41.9 Å². The molecule has 2 spiro atoms. The number of rotatable bonds is 2. The Kier molecular flexibility index (Phi) is 3.60. The third-order valence-electron chi connectivity index (χ3n) is 11.2. The number of alkyl halides is 1. The molecule has 2 heterocycles. The lowest BCUT2D eigenvalue weighted by molar-refractivity contribution is -0.163. The summed E-state index contributed by atoms with van der Waals surface area (Å²) in [5.74, 6) is 5.60. The molecule has 0 aromatic heterocycles. The van der Waals surface area contributed by atoms with Gasteiger partial charge in [-0.25, -0.2) is 0 Å². The second-order valence-electron chi connectivity index (χ2n) is 11.6. The van der Waals surface area contributed by atoms with Gasteiger partial charge in [0.2, 0.25) is 0 Å². The first-order valence-corrected chi connectivity index (χ1v) is 12.8. The fraction of sp³-hybridized carbons (Fsp3) is 0.958. The van der Waals surface area contributed by atoms with Gasteiger partial charge in [-0.3, -0.25) is 4.79 Å². The molecule has 2 bridgehead atoms. The van der Waals surface area contributed by atoms with Crippen molar-refractivity contribution in [3.8, 4) is 0 Å². The van der Waals surface area contributed by atoms with E-state index in [0.29, 0.717) is 28.6 Å². The number of halogens is 1. The fourth-order valence-electron chi connectivity index (χ4n) is 10.2. The molecule has 0 N–H and O–H groups in total. The van der Waals surface area contributed by atoms with E-state index in [1.165, 1.54) is 44.9 Å². The molecule has 2 nitrogen and oxygen atoms in total. The zero-order chi connectivity index (χ0) is 18.8. The normalized spacial score (nSPS) is 63.0. The number of carbonyl (C=O) groups excluding carboxylic acids is 1. The maximum absolute atomic E-state index is 12.7. The summed E-state index contributed by atoms with van der Waals surface area (Å²) in [6.07, 6.45) is 11.0. The highest BCUT2D eigenvalue weighted by atomic mass is 79.9. The van der Waals surface area contributed by atoms with Crippen LogP contribution in [-0.2, 0) is 9.53 Å². The molecule has 0 amide bonds. The Morgan fingerprint density at radius 1 is 1.04 bits per heavy atom. The predicted molar refractivity (Wildman–Crippen MR) is 110 cm³/mol. The Labute approximate surface area is 172 Å². The van der Waals surface area contributed by atoms with Crippen LogP contribution in [0, 0.1) is 52.3 Å². The molecule has 0 radical (unpaired) electrons. The smallest absolute Gasteiger partial charge is 0.147 e. The van der Waals surface area contributed by atoms with E-state index in [1.807, 2.05) is 0 Å². The molecular formula is C24H35BrO2. The van der Waals surface area contributed by atoms with Gasteiger partial charge < -0.3 is 4.74 Å². The Morgan fingerprint density at radius 3 is 2.63 bits per heavy atom. The lowest BCUT2D eigenvalue weighted by Crippen LogP contribution is -2.52. The maximum Gasteiger partial charge on any atom is 0.147 e. The van der Waals surface area contributed by atoms with E-state index in [9.17, 15) is 4.79 Å². The van der Waals surface area contributed by atoms with Gasteiger partial charge in [0.15, 0.2) is 0 Å². The fourth-order valence-corrected chi connectivity index (χ4v) is 10.6. The van der Waals surface area contributed by atoms with Crippen LogP contribution in [-0.4, -0.2) is 22.8 Å². The molecule has 4 aliphatic carbocycles. The highest BCUT2D eigenvalue weighted by Crippen LogP contribution is 2.85. The van der Waals surface area contributed by atoms with Gasteiger partial charge >= 0.3 is 0 Å². The van der Waals surface area contributed by atoms with Crippen molar-refractivity contribution in [2.45, 2.75) is 83.8 Å². The van der Waals surface area contributed by atoms with E-state index in [1.54, 1.807) is 0 Å². The minimum atomic E-state index is 0.226. The standard InChI is InChI=1S/C24H35BrO2/c1-13-6-9-23-14(2)24(23)17-7-8-22(3)16(4-5-18(22)20(26)12-25)15(17)11-21(27-24)19(23)10-13/h13-19,21H,4-12H2,1-3H3. The van der Waals surface area contributed by atoms with Crippen LogP contribution in [0.2, 0.25) is 0 Å². The number of carbonyl (C=O) groups is 1. The Balaban J connectivity index is 1.37. The molecule has 150 valence electrons. The zero-order valence-electron chi connectivity index (χ0n) is 17.2. The molecule has 3 heteroatoms. The molecule has 0 aromatic carbocycles. The highest BCUT2D eigenvalue weighted by molar-refractivity contribution is 9.09. The Hall–Kier alpha value is 0.110. The number of fused-ring (bicyclic) bond motifs is 5. The molecule has 27 heavy (non-hydrogen) atoms. The summed E-state index contributed by atoms with van der Waals surface area (Å²) < 4.78 is 7.03. The topological polar surface area (TPSA) is 26.3 Å². The van der Waals surface area contributed by atoms with E-state index in [2.05, 4.69) is 36.7 Å². The van der Waals surface area contributed by atoms with Crippen molar-refractivity contribution < 1.29 is 9.53 Å². The maximum atomic E-state index is 12.7. The van der Waals surface area contributed by atoms with Gasteiger partial charge in [0.25, 0.3) is 0 Å². The molecule has 0 aromatic rings. The summed E-state index contributed by atoms with van der Waals surface area (Å²) in [6.45, 7) is 7.47. The summed E-state index contributed by atoms with van der Waals surface area (Å²) in [5, 5.41) is 0.545. The molecule has 2 aliphatic heterocycles. The second-order valence-corrected chi connectivity index (χ2v) is 12.1. The van der Waals surface area contributed by atoms with E-state index >= 15 is 0 Å². The van der Waals surface area contributed by atoms with Crippen molar-refractivity contribution in [3.63, 3.8) is 0 Å². The molecule has 6 fully saturated rings. The SMILES string of the molecule is CC1CCC23C(C1)C1CC4C5CCC(C(=O)CBr)C5(C)CCC4C2(O1)C3C. The van der Waals surface area contributed by atoms with Crippen LogP contribution < -0.4 is 0 Å². The average molecular weight is 435 g/mol. The van der Waals surface area contributed by atoms with Crippen LogP contribution in [0.1, 0.15) is 72.1 Å². The minimum Gasteiger partial charge on any atom is -0.370 e. The van der Waals surface area contributed by atoms with Gasteiger partial charge in [-0.05, 0) is 85.9 Å². The van der Waals surface area contributed by atoms with Gasteiger partial charge in [-0.15, -0.1) is 0 Å². The Morgan fingerprint density at radius 2 is 1.85 bits per heavy atom. The second kappa shape index (κ2) is 5.42. The summed E-state index contributed by atoms with van der Waals surface area (Å²) in [6, 6.07) is 0. The lowest BCUT2D eigenvalue weighted by atomic mass is 9.54. The molecule has 11 atom stereocenters. The van der Waals surface area contributed by atoms with Crippen LogP contribution in [0.4, 0.5) is 0 Å². The van der Waals surface area contributed by atoms with Gasteiger partial charge in [-0.2, -0.15) is 0 Å². The Bertz CT molecular complexity index is 692. The molecule has 11 unspecified atom stereocenters. The molecule has 4 saturated carbocycles. The molecule has 2 saturated heterocycles. The first-order chi connectivity index (χ1) is 12.9. The van der Waals surface area contributed by atoms with Crippen LogP contribution in [0.5, 0.6) is 0 Å².